The molecule has 6 rings (SSSR count). The van der Waals surface area contributed by atoms with Crippen molar-refractivity contribution in [2.75, 3.05) is 27.2 Å². The first kappa shape index (κ1) is 35.0. The lowest BCUT2D eigenvalue weighted by molar-refractivity contribution is 0.0301. The zero-order valence-electron chi connectivity index (χ0n) is 29.0. The number of ether oxygens (including phenoxy) is 1. The highest BCUT2D eigenvalue weighted by Gasteiger charge is 2.20. The number of aromatic nitrogens is 4. The van der Waals surface area contributed by atoms with Crippen molar-refractivity contribution < 1.29 is 9.53 Å². The summed E-state index contributed by atoms with van der Waals surface area (Å²) < 4.78 is 8.93. The quantitative estimate of drug-likeness (QED) is 0.168. The van der Waals surface area contributed by atoms with E-state index in [0.29, 0.717) is 26.1 Å². The molecule has 2 aromatic heterocycles. The van der Waals surface area contributed by atoms with Crippen LogP contribution in [0.3, 0.4) is 0 Å². The van der Waals surface area contributed by atoms with Crippen LogP contribution < -0.4 is 16.7 Å². The molecule has 0 fully saturated rings. The van der Waals surface area contributed by atoms with Crippen LogP contribution in [-0.4, -0.2) is 62.9 Å². The van der Waals surface area contributed by atoms with Gasteiger partial charge in [0.25, 0.3) is 0 Å². The van der Waals surface area contributed by atoms with Gasteiger partial charge in [-0.05, 0) is 81.6 Å². The number of benzene rings is 4. The number of hydrogen-bond donors (Lipinski definition) is 3. The fourth-order valence-corrected chi connectivity index (χ4v) is 5.72. The Bertz CT molecular complexity index is 2100. The number of amides is 1. The summed E-state index contributed by atoms with van der Waals surface area (Å²) in [5, 5.41) is 3.14. The standard InChI is InChI=1S/C22H27N3O3.C17H19N3O/c1-22(2,3)28-21(27)24(4)14-13-17-11-8-12-18-19(17)23-20(26)25(18)15-16-9-6-5-7-10-16;1-18-11-10-14-8-5-9-15-16(14)19-17(21)20(15)12-13-6-3-2-4-7-13/h5-12H,13-15H2,1-4H3,(H,23,26);2-9,18H,10-12H2,1H3,(H,19,21). The van der Waals surface area contributed by atoms with Crippen LogP contribution in [0, 0.1) is 0 Å². The second kappa shape index (κ2) is 15.7. The van der Waals surface area contributed by atoms with Gasteiger partial charge >= 0.3 is 17.5 Å². The van der Waals surface area contributed by atoms with E-state index < -0.39 is 5.60 Å². The van der Waals surface area contributed by atoms with Crippen LogP contribution in [0.15, 0.2) is 107 Å². The molecule has 49 heavy (non-hydrogen) atoms. The molecule has 0 saturated heterocycles. The molecule has 256 valence electrons. The van der Waals surface area contributed by atoms with Crippen LogP contribution in [0.2, 0.25) is 0 Å². The van der Waals surface area contributed by atoms with E-state index >= 15 is 0 Å². The number of aromatic amines is 2. The fourth-order valence-electron chi connectivity index (χ4n) is 5.72. The van der Waals surface area contributed by atoms with Crippen molar-refractivity contribution in [2.45, 2.75) is 52.3 Å². The molecule has 4 aromatic carbocycles. The van der Waals surface area contributed by atoms with Gasteiger partial charge in [-0.1, -0.05) is 84.9 Å². The molecular formula is C39H46N6O4. The highest BCUT2D eigenvalue weighted by molar-refractivity contribution is 5.80. The summed E-state index contributed by atoms with van der Waals surface area (Å²) in [6.07, 6.45) is 1.17. The van der Waals surface area contributed by atoms with Crippen LogP contribution in [0.5, 0.6) is 0 Å². The summed E-state index contributed by atoms with van der Waals surface area (Å²) in [7, 11) is 3.65. The van der Waals surface area contributed by atoms with Crippen LogP contribution >= 0.6 is 0 Å². The van der Waals surface area contributed by atoms with Crippen LogP contribution in [0.4, 0.5) is 4.79 Å². The van der Waals surface area contributed by atoms with Crippen LogP contribution in [0.1, 0.15) is 43.0 Å². The Morgan fingerprint density at radius 3 is 1.63 bits per heavy atom. The Morgan fingerprint density at radius 2 is 1.18 bits per heavy atom. The van der Waals surface area contributed by atoms with E-state index in [4.69, 9.17) is 4.74 Å². The molecule has 0 bridgehead atoms. The topological polar surface area (TPSA) is 117 Å². The predicted octanol–water partition coefficient (Wildman–Crippen LogP) is 5.93. The molecule has 0 aliphatic rings. The molecule has 6 aromatic rings. The fraction of sp³-hybridized carbons (Fsp3) is 0.308. The second-order valence-corrected chi connectivity index (χ2v) is 13.1. The number of hydrogen-bond acceptors (Lipinski definition) is 5. The lowest BCUT2D eigenvalue weighted by Gasteiger charge is -2.24. The molecule has 0 aliphatic carbocycles. The van der Waals surface area contributed by atoms with Crippen molar-refractivity contribution in [3.63, 3.8) is 0 Å². The van der Waals surface area contributed by atoms with Gasteiger partial charge in [-0.2, -0.15) is 0 Å². The summed E-state index contributed by atoms with van der Waals surface area (Å²) in [5.41, 5.74) is 7.27. The third kappa shape index (κ3) is 8.97. The third-order valence-electron chi connectivity index (χ3n) is 8.23. The SMILES string of the molecule is CN(CCc1cccc2c1[nH]c(=O)n2Cc1ccccc1)C(=O)OC(C)(C)C.CNCCc1cccc2c1[nH]c(=O)n2Cc1ccccc1. The molecule has 2 heterocycles. The normalized spacial score (nSPS) is 11.4. The minimum Gasteiger partial charge on any atom is -0.444 e. The first-order chi connectivity index (χ1) is 23.5. The van der Waals surface area contributed by atoms with Crippen molar-refractivity contribution in [1.29, 1.82) is 0 Å². The van der Waals surface area contributed by atoms with E-state index in [9.17, 15) is 14.4 Å². The number of fused-ring (bicyclic) bond motifs is 2. The van der Waals surface area contributed by atoms with Gasteiger partial charge in [0.2, 0.25) is 0 Å². The Morgan fingerprint density at radius 1 is 0.714 bits per heavy atom. The number of rotatable bonds is 10. The van der Waals surface area contributed by atoms with E-state index in [0.717, 1.165) is 51.7 Å². The molecule has 0 atom stereocenters. The molecule has 3 N–H and O–H groups in total. The summed E-state index contributed by atoms with van der Waals surface area (Å²) in [4.78, 5) is 44.5. The number of nitrogens with zero attached hydrogens (tertiary/aromatic N) is 3. The van der Waals surface area contributed by atoms with Gasteiger partial charge in [-0.25, -0.2) is 14.4 Å². The third-order valence-corrected chi connectivity index (χ3v) is 8.23. The van der Waals surface area contributed by atoms with E-state index in [2.05, 4.69) is 21.4 Å². The van der Waals surface area contributed by atoms with Gasteiger partial charge in [0.15, 0.2) is 0 Å². The smallest absolute Gasteiger partial charge is 0.410 e. The Kier molecular flexibility index (Phi) is 11.2. The molecule has 0 aliphatic heterocycles. The number of likely N-dealkylation sites (N-methyl/N-ethyl adjacent to an activating group) is 2. The second-order valence-electron chi connectivity index (χ2n) is 13.1. The van der Waals surface area contributed by atoms with Gasteiger partial charge in [0.1, 0.15) is 5.60 Å². The number of imidazole rings is 2. The van der Waals surface area contributed by atoms with Crippen molar-refractivity contribution in [3.05, 3.63) is 140 Å². The van der Waals surface area contributed by atoms with Gasteiger partial charge in [-0.15, -0.1) is 0 Å². The number of carbonyl (C=O) groups is 1. The van der Waals surface area contributed by atoms with Crippen molar-refractivity contribution in [1.82, 2.24) is 29.3 Å². The molecule has 1 amide bonds. The maximum atomic E-state index is 12.5. The monoisotopic (exact) mass is 662 g/mol. The highest BCUT2D eigenvalue weighted by atomic mass is 16.6. The average Bonchev–Trinajstić information content (AvgIpc) is 3.58. The zero-order chi connectivity index (χ0) is 35.0. The zero-order valence-corrected chi connectivity index (χ0v) is 29.0. The first-order valence-electron chi connectivity index (χ1n) is 16.6. The molecule has 0 unspecified atom stereocenters. The molecule has 10 nitrogen and oxygen atoms in total. The van der Waals surface area contributed by atoms with E-state index in [1.165, 1.54) is 5.56 Å². The minimum absolute atomic E-state index is 0.0502. The number of carbonyl (C=O) groups excluding carboxylic acids is 1. The van der Waals surface area contributed by atoms with Crippen LogP contribution in [0.25, 0.3) is 22.1 Å². The Hall–Kier alpha value is -5.35. The Balaban J connectivity index is 0.000000199. The van der Waals surface area contributed by atoms with Crippen LogP contribution in [-0.2, 0) is 30.7 Å². The molecule has 0 radical (unpaired) electrons. The van der Waals surface area contributed by atoms with Crippen molar-refractivity contribution in [3.8, 4) is 0 Å². The van der Waals surface area contributed by atoms with E-state index in [-0.39, 0.29) is 17.5 Å². The van der Waals surface area contributed by atoms with Crippen molar-refractivity contribution >= 4 is 28.2 Å². The summed E-state index contributed by atoms with van der Waals surface area (Å²) in [5.74, 6) is 0. The summed E-state index contributed by atoms with van der Waals surface area (Å²) in [6, 6.07) is 31.9. The first-order valence-corrected chi connectivity index (χ1v) is 16.6. The molecule has 0 saturated carbocycles. The lowest BCUT2D eigenvalue weighted by atomic mass is 10.1. The highest BCUT2D eigenvalue weighted by Crippen LogP contribution is 2.19. The maximum Gasteiger partial charge on any atom is 0.410 e. The minimum atomic E-state index is -0.523. The molecule has 10 heteroatoms. The van der Waals surface area contributed by atoms with Crippen molar-refractivity contribution in [2.24, 2.45) is 0 Å². The summed E-state index contributed by atoms with van der Waals surface area (Å²) in [6.45, 7) is 8.04. The predicted molar refractivity (Wildman–Crippen MR) is 196 cm³/mol. The number of H-pyrrole nitrogens is 2. The number of para-hydroxylation sites is 2. The van der Waals surface area contributed by atoms with E-state index in [1.807, 2.05) is 119 Å². The lowest BCUT2D eigenvalue weighted by Crippen LogP contribution is -2.35. The molecular weight excluding hydrogens is 616 g/mol. The van der Waals surface area contributed by atoms with Gasteiger partial charge < -0.3 is 24.9 Å². The van der Waals surface area contributed by atoms with Gasteiger partial charge in [0, 0.05) is 13.6 Å². The largest absolute Gasteiger partial charge is 0.444 e. The van der Waals surface area contributed by atoms with Gasteiger partial charge in [-0.3, -0.25) is 9.13 Å². The van der Waals surface area contributed by atoms with Gasteiger partial charge in [0.05, 0.1) is 35.2 Å². The molecule has 0 spiro atoms. The summed E-state index contributed by atoms with van der Waals surface area (Å²) >= 11 is 0. The van der Waals surface area contributed by atoms with E-state index in [1.54, 1.807) is 21.1 Å². The average molecular weight is 663 g/mol. The Labute approximate surface area is 286 Å². The maximum absolute atomic E-state index is 12.5. The number of nitrogens with one attached hydrogen (secondary N) is 3.